The van der Waals surface area contributed by atoms with E-state index < -0.39 is 0 Å². The molecule has 1 amide bonds. The van der Waals surface area contributed by atoms with E-state index in [2.05, 4.69) is 15.4 Å². The van der Waals surface area contributed by atoms with Crippen molar-refractivity contribution in [1.29, 1.82) is 0 Å². The quantitative estimate of drug-likeness (QED) is 0.741. The van der Waals surface area contributed by atoms with Gasteiger partial charge in [-0.1, -0.05) is 18.2 Å². The van der Waals surface area contributed by atoms with E-state index in [1.165, 1.54) is 6.07 Å². The summed E-state index contributed by atoms with van der Waals surface area (Å²) in [7, 11) is 1.85. The molecular weight excluding hydrogens is 331 g/mol. The highest BCUT2D eigenvalue weighted by atomic mass is 19.1. The highest BCUT2D eigenvalue weighted by Crippen LogP contribution is 2.20. The Morgan fingerprint density at radius 3 is 2.88 bits per heavy atom. The molecule has 0 unspecified atom stereocenters. The van der Waals surface area contributed by atoms with Gasteiger partial charge < -0.3 is 5.32 Å². The highest BCUT2D eigenvalue weighted by molar-refractivity contribution is 5.76. The van der Waals surface area contributed by atoms with E-state index in [4.69, 9.17) is 0 Å². The number of amides is 1. The molecule has 5 nitrogen and oxygen atoms in total. The third-order valence-electron chi connectivity index (χ3n) is 4.21. The first kappa shape index (κ1) is 17.8. The topological polar surface area (TPSA) is 59.8 Å². The van der Waals surface area contributed by atoms with Crippen LogP contribution in [0, 0.1) is 12.7 Å². The summed E-state index contributed by atoms with van der Waals surface area (Å²) in [6.07, 6.45) is 6.31. The lowest BCUT2D eigenvalue weighted by Gasteiger charge is -2.09. The van der Waals surface area contributed by atoms with Crippen molar-refractivity contribution < 1.29 is 9.18 Å². The van der Waals surface area contributed by atoms with Crippen LogP contribution in [0.25, 0.3) is 11.3 Å². The number of hydrogen-bond donors (Lipinski definition) is 1. The first-order valence-electron chi connectivity index (χ1n) is 8.47. The van der Waals surface area contributed by atoms with Gasteiger partial charge in [0.05, 0.1) is 11.9 Å². The lowest BCUT2D eigenvalue weighted by atomic mass is 10.1. The van der Waals surface area contributed by atoms with E-state index in [-0.39, 0.29) is 11.7 Å². The Labute approximate surface area is 151 Å². The van der Waals surface area contributed by atoms with Gasteiger partial charge >= 0.3 is 0 Å². The molecule has 0 aliphatic heterocycles. The Morgan fingerprint density at radius 1 is 1.31 bits per heavy atom. The second kappa shape index (κ2) is 7.91. The van der Waals surface area contributed by atoms with Crippen LogP contribution in [-0.2, 0) is 24.8 Å². The minimum atomic E-state index is -0.224. The fourth-order valence-electron chi connectivity index (χ4n) is 2.79. The third kappa shape index (κ3) is 4.33. The molecule has 2 heterocycles. The molecule has 0 atom stereocenters. The van der Waals surface area contributed by atoms with Crippen LogP contribution in [0.5, 0.6) is 0 Å². The number of nitrogens with one attached hydrogen (secondary N) is 1. The normalized spacial score (nSPS) is 10.7. The van der Waals surface area contributed by atoms with Crippen LogP contribution >= 0.6 is 0 Å². The van der Waals surface area contributed by atoms with E-state index in [1.807, 2.05) is 25.4 Å². The molecule has 0 aliphatic carbocycles. The van der Waals surface area contributed by atoms with Crippen molar-refractivity contribution in [2.45, 2.75) is 26.3 Å². The van der Waals surface area contributed by atoms with Crippen LogP contribution in [-0.4, -0.2) is 20.7 Å². The summed E-state index contributed by atoms with van der Waals surface area (Å²) in [6.45, 7) is 2.13. The Balaban J connectivity index is 1.59. The summed E-state index contributed by atoms with van der Waals surface area (Å²) in [6, 6.07) is 8.74. The smallest absolute Gasteiger partial charge is 0.220 e. The zero-order valence-electron chi connectivity index (χ0n) is 14.9. The van der Waals surface area contributed by atoms with Crippen molar-refractivity contribution in [2.75, 3.05) is 0 Å². The van der Waals surface area contributed by atoms with Crippen LogP contribution in [0.3, 0.4) is 0 Å². The molecule has 3 aromatic rings. The van der Waals surface area contributed by atoms with Crippen molar-refractivity contribution in [1.82, 2.24) is 20.1 Å². The van der Waals surface area contributed by atoms with Gasteiger partial charge in [-0.05, 0) is 42.2 Å². The fraction of sp³-hybridized carbons (Fsp3) is 0.250. The zero-order chi connectivity index (χ0) is 18.5. The van der Waals surface area contributed by atoms with Crippen molar-refractivity contribution in [3.8, 4) is 11.3 Å². The maximum absolute atomic E-state index is 13.3. The predicted octanol–water partition coefficient (Wildman–Crippen LogP) is 3.18. The molecule has 0 aliphatic rings. The van der Waals surface area contributed by atoms with Crippen LogP contribution in [0.15, 0.2) is 48.9 Å². The Bertz CT molecular complexity index is 920. The van der Waals surface area contributed by atoms with Crippen LogP contribution in [0.4, 0.5) is 4.39 Å². The SMILES string of the molecule is Cc1cc(CCC(=O)NCc2cccnc2-c2cnn(C)c2)ccc1F. The molecule has 6 heteroatoms. The largest absolute Gasteiger partial charge is 0.352 e. The number of benzene rings is 1. The van der Waals surface area contributed by atoms with E-state index >= 15 is 0 Å². The molecule has 0 spiro atoms. The third-order valence-corrected chi connectivity index (χ3v) is 4.21. The molecular formula is C20H21FN4O. The zero-order valence-corrected chi connectivity index (χ0v) is 14.9. The maximum atomic E-state index is 13.3. The Kier molecular flexibility index (Phi) is 5.41. The molecule has 1 N–H and O–H groups in total. The van der Waals surface area contributed by atoms with E-state index in [0.717, 1.165) is 22.4 Å². The van der Waals surface area contributed by atoms with Gasteiger partial charge in [0.2, 0.25) is 5.91 Å². The van der Waals surface area contributed by atoms with Crippen LogP contribution < -0.4 is 5.32 Å². The molecule has 0 fully saturated rings. The summed E-state index contributed by atoms with van der Waals surface area (Å²) in [5.74, 6) is -0.273. The second-order valence-corrected chi connectivity index (χ2v) is 6.27. The number of pyridine rings is 1. The maximum Gasteiger partial charge on any atom is 0.220 e. The monoisotopic (exact) mass is 352 g/mol. The van der Waals surface area contributed by atoms with Crippen molar-refractivity contribution in [3.05, 3.63) is 71.4 Å². The number of aryl methyl sites for hydroxylation is 3. The molecule has 0 bridgehead atoms. The number of nitrogens with zero attached hydrogens (tertiary/aromatic N) is 3. The molecule has 1 aromatic carbocycles. The Morgan fingerprint density at radius 2 is 2.15 bits per heavy atom. The summed E-state index contributed by atoms with van der Waals surface area (Å²) in [4.78, 5) is 16.6. The lowest BCUT2D eigenvalue weighted by molar-refractivity contribution is -0.121. The average molecular weight is 352 g/mol. The van der Waals surface area contributed by atoms with Gasteiger partial charge in [0.1, 0.15) is 5.82 Å². The van der Waals surface area contributed by atoms with E-state index in [9.17, 15) is 9.18 Å². The molecule has 0 saturated carbocycles. The van der Waals surface area contributed by atoms with Gasteiger partial charge in [0, 0.05) is 38.0 Å². The van der Waals surface area contributed by atoms with Crippen molar-refractivity contribution in [3.63, 3.8) is 0 Å². The second-order valence-electron chi connectivity index (χ2n) is 6.27. The van der Waals surface area contributed by atoms with Gasteiger partial charge in [0.15, 0.2) is 0 Å². The van der Waals surface area contributed by atoms with E-state index in [0.29, 0.717) is 24.9 Å². The van der Waals surface area contributed by atoms with Gasteiger partial charge in [-0.3, -0.25) is 14.5 Å². The van der Waals surface area contributed by atoms with Crippen molar-refractivity contribution in [2.24, 2.45) is 7.05 Å². The number of carbonyl (C=O) groups is 1. The van der Waals surface area contributed by atoms with Crippen LogP contribution in [0.1, 0.15) is 23.1 Å². The molecule has 26 heavy (non-hydrogen) atoms. The summed E-state index contributed by atoms with van der Waals surface area (Å²) in [5, 5.41) is 7.10. The molecule has 0 radical (unpaired) electrons. The average Bonchev–Trinajstić information content (AvgIpc) is 3.07. The minimum absolute atomic E-state index is 0.0482. The number of carbonyl (C=O) groups excluding carboxylic acids is 1. The first-order valence-corrected chi connectivity index (χ1v) is 8.47. The molecule has 3 rings (SSSR count). The van der Waals surface area contributed by atoms with Crippen molar-refractivity contribution >= 4 is 5.91 Å². The summed E-state index contributed by atoms with van der Waals surface area (Å²) in [5.41, 5.74) is 4.22. The van der Waals surface area contributed by atoms with Gasteiger partial charge in [-0.15, -0.1) is 0 Å². The van der Waals surface area contributed by atoms with Gasteiger partial charge in [0.25, 0.3) is 0 Å². The van der Waals surface area contributed by atoms with Gasteiger partial charge in [-0.2, -0.15) is 5.10 Å². The number of aromatic nitrogens is 3. The Hall–Kier alpha value is -3.02. The number of halogens is 1. The fourth-order valence-corrected chi connectivity index (χ4v) is 2.79. The standard InChI is InChI=1S/C20H21FN4O/c1-14-10-15(5-7-18(14)21)6-8-19(26)23-11-16-4-3-9-22-20(16)17-12-24-25(2)13-17/h3-5,7,9-10,12-13H,6,8,11H2,1-2H3,(H,23,26). The predicted molar refractivity (Wildman–Crippen MR) is 97.7 cm³/mol. The van der Waals surface area contributed by atoms with Gasteiger partial charge in [-0.25, -0.2) is 4.39 Å². The highest BCUT2D eigenvalue weighted by Gasteiger charge is 2.10. The number of hydrogen-bond acceptors (Lipinski definition) is 3. The lowest BCUT2D eigenvalue weighted by Crippen LogP contribution is -2.23. The minimum Gasteiger partial charge on any atom is -0.352 e. The summed E-state index contributed by atoms with van der Waals surface area (Å²) >= 11 is 0. The first-order chi connectivity index (χ1) is 12.5. The molecule has 134 valence electrons. The van der Waals surface area contributed by atoms with Crippen LogP contribution in [0.2, 0.25) is 0 Å². The van der Waals surface area contributed by atoms with E-state index in [1.54, 1.807) is 36.1 Å². The number of rotatable bonds is 6. The summed E-state index contributed by atoms with van der Waals surface area (Å²) < 4.78 is 15.0. The molecule has 0 saturated heterocycles. The molecule has 2 aromatic heterocycles.